The monoisotopic (exact) mass is 315 g/mol. The van der Waals surface area contributed by atoms with E-state index in [0.717, 1.165) is 31.6 Å². The molecule has 7 nitrogen and oxygen atoms in total. The van der Waals surface area contributed by atoms with Crippen molar-refractivity contribution in [3.63, 3.8) is 0 Å². The smallest absolute Gasteiger partial charge is 0.279 e. The molecule has 0 spiro atoms. The third-order valence-corrected chi connectivity index (χ3v) is 5.44. The van der Waals surface area contributed by atoms with Crippen LogP contribution in [0.3, 0.4) is 0 Å². The fourth-order valence-electron chi connectivity index (χ4n) is 2.53. The Morgan fingerprint density at radius 2 is 2.19 bits per heavy atom. The summed E-state index contributed by atoms with van der Waals surface area (Å²) >= 11 is 0. The van der Waals surface area contributed by atoms with Gasteiger partial charge in [-0.3, -0.25) is 0 Å². The first-order valence-electron chi connectivity index (χ1n) is 7.54. The minimum absolute atomic E-state index is 0.391. The van der Waals surface area contributed by atoms with Crippen molar-refractivity contribution in [2.24, 2.45) is 5.92 Å². The van der Waals surface area contributed by atoms with Gasteiger partial charge in [0, 0.05) is 37.9 Å². The normalized spacial score (nSPS) is 18.1. The highest BCUT2D eigenvalue weighted by molar-refractivity contribution is 7.87. The molecule has 21 heavy (non-hydrogen) atoms. The molecular formula is C13H25N5O2S. The maximum absolute atomic E-state index is 12.2. The minimum atomic E-state index is -3.35. The third-order valence-electron chi connectivity index (χ3n) is 3.83. The standard InChI is InChI=1S/C13H25N5O2S/c1-2-14-9-12-4-7-18(8-5-12)21(19,20)17-6-3-13-10-15-11-16-13/h10-12,14,17H,2-9H2,1H3,(H,15,16). The molecule has 0 amide bonds. The molecule has 8 heteroatoms. The number of rotatable bonds is 8. The second-order valence-electron chi connectivity index (χ2n) is 5.38. The van der Waals surface area contributed by atoms with Crippen molar-refractivity contribution in [2.75, 3.05) is 32.7 Å². The van der Waals surface area contributed by atoms with Gasteiger partial charge in [0.15, 0.2) is 0 Å². The van der Waals surface area contributed by atoms with Crippen molar-refractivity contribution in [3.8, 4) is 0 Å². The van der Waals surface area contributed by atoms with E-state index in [-0.39, 0.29) is 0 Å². The maximum atomic E-state index is 12.2. The highest BCUT2D eigenvalue weighted by atomic mass is 32.2. The summed E-state index contributed by atoms with van der Waals surface area (Å²) in [5.41, 5.74) is 0.932. The van der Waals surface area contributed by atoms with E-state index in [1.165, 1.54) is 0 Å². The first kappa shape index (κ1) is 16.4. The van der Waals surface area contributed by atoms with Gasteiger partial charge in [-0.15, -0.1) is 0 Å². The van der Waals surface area contributed by atoms with Crippen LogP contribution in [0.2, 0.25) is 0 Å². The van der Waals surface area contributed by atoms with Gasteiger partial charge < -0.3 is 10.3 Å². The fourth-order valence-corrected chi connectivity index (χ4v) is 3.76. The first-order valence-corrected chi connectivity index (χ1v) is 8.98. The largest absolute Gasteiger partial charge is 0.348 e. The van der Waals surface area contributed by atoms with Crippen LogP contribution < -0.4 is 10.0 Å². The number of hydrogen-bond donors (Lipinski definition) is 3. The van der Waals surface area contributed by atoms with Gasteiger partial charge in [0.25, 0.3) is 10.2 Å². The van der Waals surface area contributed by atoms with Crippen LogP contribution in [-0.4, -0.2) is 55.4 Å². The maximum Gasteiger partial charge on any atom is 0.279 e. The number of nitrogens with zero attached hydrogens (tertiary/aromatic N) is 2. The van der Waals surface area contributed by atoms with E-state index in [1.54, 1.807) is 16.8 Å². The van der Waals surface area contributed by atoms with E-state index in [0.29, 0.717) is 32.0 Å². The Morgan fingerprint density at radius 1 is 1.43 bits per heavy atom. The summed E-state index contributed by atoms with van der Waals surface area (Å²) in [6.07, 6.45) is 5.78. The van der Waals surface area contributed by atoms with Crippen LogP contribution in [0.15, 0.2) is 12.5 Å². The molecule has 2 heterocycles. The number of nitrogens with one attached hydrogen (secondary N) is 3. The summed E-state index contributed by atoms with van der Waals surface area (Å²) in [6.45, 7) is 5.64. The average Bonchev–Trinajstić information content (AvgIpc) is 2.98. The fraction of sp³-hybridized carbons (Fsp3) is 0.769. The first-order chi connectivity index (χ1) is 10.1. The van der Waals surface area contributed by atoms with Gasteiger partial charge in [-0.1, -0.05) is 6.92 Å². The van der Waals surface area contributed by atoms with Crippen molar-refractivity contribution < 1.29 is 8.42 Å². The van der Waals surface area contributed by atoms with Gasteiger partial charge in [-0.25, -0.2) is 9.71 Å². The number of H-pyrrole nitrogens is 1. The average molecular weight is 315 g/mol. The van der Waals surface area contributed by atoms with Gasteiger partial charge in [0.2, 0.25) is 0 Å². The lowest BCUT2D eigenvalue weighted by molar-refractivity contribution is 0.266. The molecule has 2 rings (SSSR count). The van der Waals surface area contributed by atoms with Gasteiger partial charge in [-0.05, 0) is 31.8 Å². The lowest BCUT2D eigenvalue weighted by Gasteiger charge is -2.31. The van der Waals surface area contributed by atoms with Crippen LogP contribution in [0.1, 0.15) is 25.5 Å². The second-order valence-corrected chi connectivity index (χ2v) is 7.13. The Labute approximate surface area is 126 Å². The molecule has 3 N–H and O–H groups in total. The lowest BCUT2D eigenvalue weighted by atomic mass is 9.98. The SMILES string of the molecule is CCNCC1CCN(S(=O)(=O)NCCc2cnc[nH]2)CC1. The zero-order valence-electron chi connectivity index (χ0n) is 12.5. The van der Waals surface area contributed by atoms with Gasteiger partial charge >= 0.3 is 0 Å². The predicted molar refractivity (Wildman–Crippen MR) is 82.1 cm³/mol. The molecule has 1 aliphatic heterocycles. The van der Waals surface area contributed by atoms with Gasteiger partial charge in [0.1, 0.15) is 0 Å². The van der Waals surface area contributed by atoms with E-state index in [4.69, 9.17) is 0 Å². The second kappa shape index (κ2) is 7.88. The van der Waals surface area contributed by atoms with Crippen molar-refractivity contribution in [1.29, 1.82) is 0 Å². The highest BCUT2D eigenvalue weighted by Gasteiger charge is 2.27. The van der Waals surface area contributed by atoms with E-state index >= 15 is 0 Å². The van der Waals surface area contributed by atoms with Crippen LogP contribution in [0.5, 0.6) is 0 Å². The van der Waals surface area contributed by atoms with Crippen LogP contribution in [0, 0.1) is 5.92 Å². The van der Waals surface area contributed by atoms with E-state index in [9.17, 15) is 8.42 Å². The molecule has 0 aliphatic carbocycles. The van der Waals surface area contributed by atoms with Gasteiger partial charge in [0.05, 0.1) is 6.33 Å². The predicted octanol–water partition coefficient (Wildman–Crippen LogP) is 0.108. The zero-order chi connectivity index (χ0) is 15.1. The summed E-state index contributed by atoms with van der Waals surface area (Å²) in [5.74, 6) is 0.585. The van der Waals surface area contributed by atoms with E-state index < -0.39 is 10.2 Å². The Hall–Kier alpha value is -0.960. The summed E-state index contributed by atoms with van der Waals surface area (Å²) in [6, 6.07) is 0. The van der Waals surface area contributed by atoms with Crippen LogP contribution in [0.25, 0.3) is 0 Å². The van der Waals surface area contributed by atoms with Crippen LogP contribution in [-0.2, 0) is 16.6 Å². The van der Waals surface area contributed by atoms with Crippen molar-refractivity contribution in [1.82, 2.24) is 24.3 Å². The molecular weight excluding hydrogens is 290 g/mol. The number of piperidine rings is 1. The summed E-state index contributed by atoms with van der Waals surface area (Å²) in [4.78, 5) is 6.87. The van der Waals surface area contributed by atoms with Crippen LogP contribution in [0.4, 0.5) is 0 Å². The molecule has 0 bridgehead atoms. The molecule has 0 radical (unpaired) electrons. The quantitative estimate of drug-likeness (QED) is 0.635. The highest BCUT2D eigenvalue weighted by Crippen LogP contribution is 2.18. The lowest BCUT2D eigenvalue weighted by Crippen LogP contribution is -2.46. The molecule has 1 aliphatic rings. The molecule has 0 atom stereocenters. The summed E-state index contributed by atoms with van der Waals surface area (Å²) in [7, 11) is -3.35. The Morgan fingerprint density at radius 3 is 2.81 bits per heavy atom. The van der Waals surface area contributed by atoms with Crippen LogP contribution >= 0.6 is 0 Å². The molecule has 1 fully saturated rings. The van der Waals surface area contributed by atoms with Gasteiger partial charge in [-0.2, -0.15) is 12.7 Å². The number of hydrogen-bond acceptors (Lipinski definition) is 4. The molecule has 1 aromatic heterocycles. The minimum Gasteiger partial charge on any atom is -0.348 e. The van der Waals surface area contributed by atoms with Crippen molar-refractivity contribution in [2.45, 2.75) is 26.2 Å². The number of imidazole rings is 1. The molecule has 0 aromatic carbocycles. The number of aromatic nitrogens is 2. The summed E-state index contributed by atoms with van der Waals surface area (Å²) < 4.78 is 28.6. The Bertz CT molecular complexity index is 495. The van der Waals surface area contributed by atoms with Crippen molar-refractivity contribution >= 4 is 10.2 Å². The number of aromatic amines is 1. The third kappa shape index (κ3) is 5.06. The van der Waals surface area contributed by atoms with E-state index in [1.807, 2.05) is 0 Å². The Kier molecular flexibility index (Phi) is 6.16. The topological polar surface area (TPSA) is 90.1 Å². The molecule has 0 saturated carbocycles. The summed E-state index contributed by atoms with van der Waals surface area (Å²) in [5, 5.41) is 3.33. The molecule has 0 unspecified atom stereocenters. The van der Waals surface area contributed by atoms with Crippen molar-refractivity contribution in [3.05, 3.63) is 18.2 Å². The molecule has 1 aromatic rings. The zero-order valence-corrected chi connectivity index (χ0v) is 13.3. The molecule has 1 saturated heterocycles. The van der Waals surface area contributed by atoms with E-state index in [2.05, 4.69) is 26.9 Å². The molecule has 120 valence electrons. The Balaban J connectivity index is 1.73.